The lowest BCUT2D eigenvalue weighted by molar-refractivity contribution is -0.135. The standard InChI is InChI=1S/C33H30N4O2/c38-32-28-18-10-11-19-29(28)34-31(26-14-6-2-7-15-26)37(32)30(24-25-12-4-1-5-13-25)33(39)36-22-20-35(21-23-36)27-16-8-3-9-17-27/h1-19,30H,20-24H2. The molecule has 1 amide bonds. The quantitative estimate of drug-likeness (QED) is 0.313. The predicted molar refractivity (Wildman–Crippen MR) is 156 cm³/mol. The van der Waals surface area contributed by atoms with Crippen LogP contribution in [0.5, 0.6) is 0 Å². The van der Waals surface area contributed by atoms with Gasteiger partial charge in [0.05, 0.1) is 10.9 Å². The van der Waals surface area contributed by atoms with Crippen LogP contribution in [-0.4, -0.2) is 46.5 Å². The van der Waals surface area contributed by atoms with E-state index in [9.17, 15) is 9.59 Å². The molecule has 0 spiro atoms. The first-order chi connectivity index (χ1) is 19.2. The maximum absolute atomic E-state index is 14.3. The van der Waals surface area contributed by atoms with E-state index in [1.54, 1.807) is 10.6 Å². The van der Waals surface area contributed by atoms with Crippen molar-refractivity contribution in [3.05, 3.63) is 131 Å². The molecule has 1 aromatic heterocycles. The molecule has 0 bridgehead atoms. The zero-order chi connectivity index (χ0) is 26.6. The van der Waals surface area contributed by atoms with Gasteiger partial charge in [-0.1, -0.05) is 91.0 Å². The molecular formula is C33H30N4O2. The summed E-state index contributed by atoms with van der Waals surface area (Å²) in [6.45, 7) is 2.67. The Morgan fingerprint density at radius 1 is 0.718 bits per heavy atom. The molecule has 0 saturated carbocycles. The summed E-state index contributed by atoms with van der Waals surface area (Å²) < 4.78 is 1.64. The maximum atomic E-state index is 14.3. The van der Waals surface area contributed by atoms with Gasteiger partial charge in [0.15, 0.2) is 0 Å². The average Bonchev–Trinajstić information content (AvgIpc) is 3.01. The summed E-state index contributed by atoms with van der Waals surface area (Å²) in [7, 11) is 0. The molecule has 0 aliphatic carbocycles. The van der Waals surface area contributed by atoms with E-state index in [2.05, 4.69) is 17.0 Å². The molecule has 1 atom stereocenters. The second-order valence-electron chi connectivity index (χ2n) is 9.85. The number of hydrogen-bond acceptors (Lipinski definition) is 4. The molecule has 2 heterocycles. The topological polar surface area (TPSA) is 58.4 Å². The van der Waals surface area contributed by atoms with Gasteiger partial charge in [-0.3, -0.25) is 14.2 Å². The molecule has 0 N–H and O–H groups in total. The molecule has 5 aromatic rings. The molecule has 1 saturated heterocycles. The number of carbonyl (C=O) groups excluding carboxylic acids is 1. The lowest BCUT2D eigenvalue weighted by Gasteiger charge is -2.38. The second-order valence-corrected chi connectivity index (χ2v) is 9.85. The number of anilines is 1. The number of piperazine rings is 1. The van der Waals surface area contributed by atoms with Crippen molar-refractivity contribution in [2.45, 2.75) is 12.5 Å². The first-order valence-electron chi connectivity index (χ1n) is 13.4. The smallest absolute Gasteiger partial charge is 0.262 e. The van der Waals surface area contributed by atoms with Gasteiger partial charge in [0.1, 0.15) is 11.9 Å². The van der Waals surface area contributed by atoms with Gasteiger partial charge in [0.25, 0.3) is 5.56 Å². The van der Waals surface area contributed by atoms with Crippen molar-refractivity contribution >= 4 is 22.5 Å². The molecule has 4 aromatic carbocycles. The first kappa shape index (κ1) is 24.6. The van der Waals surface area contributed by atoms with Gasteiger partial charge in [-0.25, -0.2) is 4.98 Å². The van der Waals surface area contributed by atoms with Crippen LogP contribution < -0.4 is 10.5 Å². The molecular weight excluding hydrogens is 484 g/mol. The van der Waals surface area contributed by atoms with Crippen LogP contribution in [-0.2, 0) is 11.2 Å². The lowest BCUT2D eigenvalue weighted by atomic mass is 10.0. The van der Waals surface area contributed by atoms with Crippen molar-refractivity contribution in [2.24, 2.45) is 0 Å². The summed E-state index contributed by atoms with van der Waals surface area (Å²) in [4.78, 5) is 37.6. The highest BCUT2D eigenvalue weighted by molar-refractivity contribution is 5.84. The van der Waals surface area contributed by atoms with Crippen molar-refractivity contribution in [1.29, 1.82) is 0 Å². The molecule has 6 heteroatoms. The van der Waals surface area contributed by atoms with Crippen molar-refractivity contribution < 1.29 is 4.79 Å². The normalized spacial score (nSPS) is 14.4. The monoisotopic (exact) mass is 514 g/mol. The van der Waals surface area contributed by atoms with Crippen LogP contribution in [0.4, 0.5) is 5.69 Å². The molecule has 1 aliphatic rings. The van der Waals surface area contributed by atoms with E-state index in [0.717, 1.165) is 29.9 Å². The Balaban J connectivity index is 1.43. The summed E-state index contributed by atoms with van der Waals surface area (Å²) >= 11 is 0. The van der Waals surface area contributed by atoms with Crippen molar-refractivity contribution in [3.63, 3.8) is 0 Å². The number of para-hydroxylation sites is 2. The third kappa shape index (κ3) is 5.06. The van der Waals surface area contributed by atoms with E-state index in [4.69, 9.17) is 4.98 Å². The minimum atomic E-state index is -0.726. The summed E-state index contributed by atoms with van der Waals surface area (Å²) in [6, 6.07) is 36.5. The SMILES string of the molecule is O=C(C(Cc1ccccc1)n1c(-c2ccccc2)nc2ccccc2c1=O)N1CCN(c2ccccc2)CC1. The summed E-state index contributed by atoms with van der Waals surface area (Å²) in [5.74, 6) is 0.458. The molecule has 0 radical (unpaired) electrons. The third-order valence-corrected chi connectivity index (χ3v) is 7.42. The van der Waals surface area contributed by atoms with E-state index in [1.165, 1.54) is 0 Å². The Morgan fingerprint density at radius 2 is 1.31 bits per heavy atom. The number of nitrogens with zero attached hydrogens (tertiary/aromatic N) is 4. The lowest BCUT2D eigenvalue weighted by Crippen LogP contribution is -2.51. The highest BCUT2D eigenvalue weighted by Gasteiger charge is 2.32. The molecule has 6 rings (SSSR count). The average molecular weight is 515 g/mol. The van der Waals surface area contributed by atoms with Gasteiger partial charge in [0, 0.05) is 43.9 Å². The Morgan fingerprint density at radius 3 is 2.00 bits per heavy atom. The number of benzene rings is 4. The van der Waals surface area contributed by atoms with Crippen LogP contribution in [0.2, 0.25) is 0 Å². The fraction of sp³-hybridized carbons (Fsp3) is 0.182. The Labute approximate surface area is 227 Å². The third-order valence-electron chi connectivity index (χ3n) is 7.42. The minimum Gasteiger partial charge on any atom is -0.368 e. The number of carbonyl (C=O) groups is 1. The summed E-state index contributed by atoms with van der Waals surface area (Å²) in [6.07, 6.45) is 0.401. The van der Waals surface area contributed by atoms with Crippen molar-refractivity contribution in [1.82, 2.24) is 14.5 Å². The zero-order valence-corrected chi connectivity index (χ0v) is 21.7. The number of aromatic nitrogens is 2. The highest BCUT2D eigenvalue weighted by atomic mass is 16.2. The largest absolute Gasteiger partial charge is 0.368 e. The Kier molecular flexibility index (Phi) is 6.91. The predicted octanol–water partition coefficient (Wildman–Crippen LogP) is 5.20. The van der Waals surface area contributed by atoms with Gasteiger partial charge in [-0.05, 0) is 29.8 Å². The van der Waals surface area contributed by atoms with Gasteiger partial charge in [-0.2, -0.15) is 0 Å². The van der Waals surface area contributed by atoms with Crippen LogP contribution >= 0.6 is 0 Å². The number of fused-ring (bicyclic) bond motifs is 1. The van der Waals surface area contributed by atoms with Crippen LogP contribution in [0.3, 0.4) is 0 Å². The van der Waals surface area contributed by atoms with Gasteiger partial charge < -0.3 is 9.80 Å². The van der Waals surface area contributed by atoms with Gasteiger partial charge in [-0.15, -0.1) is 0 Å². The number of amides is 1. The fourth-order valence-electron chi connectivity index (χ4n) is 5.39. The molecule has 39 heavy (non-hydrogen) atoms. The summed E-state index contributed by atoms with van der Waals surface area (Å²) in [5.41, 5.74) is 3.39. The van der Waals surface area contributed by atoms with Crippen LogP contribution in [0.1, 0.15) is 11.6 Å². The second kappa shape index (κ2) is 11.0. The first-order valence-corrected chi connectivity index (χ1v) is 13.4. The van der Waals surface area contributed by atoms with E-state index < -0.39 is 6.04 Å². The van der Waals surface area contributed by atoms with E-state index >= 15 is 0 Å². The number of rotatable bonds is 6. The number of hydrogen-bond donors (Lipinski definition) is 0. The summed E-state index contributed by atoms with van der Waals surface area (Å²) in [5, 5.41) is 0.511. The Hall–Kier alpha value is -4.71. The fourth-order valence-corrected chi connectivity index (χ4v) is 5.39. The van der Waals surface area contributed by atoms with Gasteiger partial charge in [0.2, 0.25) is 5.91 Å². The van der Waals surface area contributed by atoms with Crippen molar-refractivity contribution in [3.8, 4) is 11.4 Å². The Bertz CT molecular complexity index is 1630. The molecule has 1 fully saturated rings. The van der Waals surface area contributed by atoms with Crippen LogP contribution in [0.25, 0.3) is 22.3 Å². The molecule has 1 aliphatic heterocycles. The van der Waals surface area contributed by atoms with E-state index in [-0.39, 0.29) is 11.5 Å². The molecule has 6 nitrogen and oxygen atoms in total. The van der Waals surface area contributed by atoms with Crippen LogP contribution in [0, 0.1) is 0 Å². The molecule has 1 unspecified atom stereocenters. The minimum absolute atomic E-state index is 0.0528. The highest BCUT2D eigenvalue weighted by Crippen LogP contribution is 2.26. The maximum Gasteiger partial charge on any atom is 0.262 e. The van der Waals surface area contributed by atoms with E-state index in [0.29, 0.717) is 36.2 Å². The molecule has 194 valence electrons. The van der Waals surface area contributed by atoms with Crippen LogP contribution in [0.15, 0.2) is 120 Å². The zero-order valence-electron chi connectivity index (χ0n) is 21.7. The van der Waals surface area contributed by atoms with Crippen molar-refractivity contribution in [2.75, 3.05) is 31.1 Å². The van der Waals surface area contributed by atoms with E-state index in [1.807, 2.05) is 102 Å². The van der Waals surface area contributed by atoms with Gasteiger partial charge >= 0.3 is 0 Å².